The van der Waals surface area contributed by atoms with Crippen molar-refractivity contribution in [1.29, 1.82) is 0 Å². The van der Waals surface area contributed by atoms with Gasteiger partial charge in [-0.3, -0.25) is 13.9 Å². The second kappa shape index (κ2) is 6.86. The van der Waals surface area contributed by atoms with Gasteiger partial charge in [0.25, 0.3) is 5.56 Å². The zero-order valence-electron chi connectivity index (χ0n) is 13.4. The topological polar surface area (TPSA) is 61.8 Å². The van der Waals surface area contributed by atoms with Crippen molar-refractivity contribution >= 4 is 34.5 Å². The lowest BCUT2D eigenvalue weighted by Gasteiger charge is -2.07. The average molecular weight is 365 g/mol. The maximum Gasteiger partial charge on any atom is 0.332 e. The molecule has 126 valence electrons. The second-order valence-corrected chi connectivity index (χ2v) is 6.99. The number of benzene rings is 1. The van der Waals surface area contributed by atoms with Crippen LogP contribution in [0.1, 0.15) is 6.42 Å². The zero-order valence-corrected chi connectivity index (χ0v) is 15.0. The summed E-state index contributed by atoms with van der Waals surface area (Å²) in [6, 6.07) is 7.73. The van der Waals surface area contributed by atoms with Crippen molar-refractivity contribution in [2.24, 2.45) is 14.1 Å². The molecule has 0 bridgehead atoms. The summed E-state index contributed by atoms with van der Waals surface area (Å²) < 4.78 is 4.31. The third-order valence-electron chi connectivity index (χ3n) is 3.85. The van der Waals surface area contributed by atoms with Gasteiger partial charge in [0.05, 0.1) is 11.3 Å². The SMILES string of the molecule is Cn1c(=O)c2c(ncn2CCCSc2ccccc2Cl)n(C)c1=O. The number of hydrogen-bond donors (Lipinski definition) is 0. The summed E-state index contributed by atoms with van der Waals surface area (Å²) in [5.41, 5.74) is 0.195. The number of nitrogens with zero attached hydrogens (tertiary/aromatic N) is 4. The van der Waals surface area contributed by atoms with E-state index in [0.717, 1.165) is 26.7 Å². The number of aryl methyl sites for hydroxylation is 2. The molecule has 0 spiro atoms. The van der Waals surface area contributed by atoms with E-state index in [-0.39, 0.29) is 11.2 Å². The van der Waals surface area contributed by atoms with Gasteiger partial charge in [0.2, 0.25) is 0 Å². The molecule has 24 heavy (non-hydrogen) atoms. The highest BCUT2D eigenvalue weighted by atomic mass is 35.5. The van der Waals surface area contributed by atoms with Gasteiger partial charge >= 0.3 is 5.69 Å². The van der Waals surface area contributed by atoms with Gasteiger partial charge in [0.1, 0.15) is 0 Å². The Morgan fingerprint density at radius 3 is 2.67 bits per heavy atom. The fraction of sp³-hybridized carbons (Fsp3) is 0.312. The Balaban J connectivity index is 1.76. The summed E-state index contributed by atoms with van der Waals surface area (Å²) in [5.74, 6) is 0.871. The maximum absolute atomic E-state index is 12.3. The summed E-state index contributed by atoms with van der Waals surface area (Å²) in [5, 5.41) is 0.749. The molecule has 0 radical (unpaired) electrons. The number of thioether (sulfide) groups is 1. The van der Waals surface area contributed by atoms with Gasteiger partial charge in [-0.15, -0.1) is 11.8 Å². The molecule has 3 rings (SSSR count). The molecule has 0 fully saturated rings. The predicted octanol–water partition coefficient (Wildman–Crippen LogP) is 2.27. The van der Waals surface area contributed by atoms with Gasteiger partial charge in [0.15, 0.2) is 11.2 Å². The molecule has 3 aromatic rings. The lowest BCUT2D eigenvalue weighted by molar-refractivity contribution is 0.679. The quantitative estimate of drug-likeness (QED) is 0.514. The van der Waals surface area contributed by atoms with Crippen LogP contribution in [0.4, 0.5) is 0 Å². The van der Waals surface area contributed by atoms with Crippen molar-refractivity contribution < 1.29 is 0 Å². The summed E-state index contributed by atoms with van der Waals surface area (Å²) in [4.78, 5) is 29.5. The highest BCUT2D eigenvalue weighted by molar-refractivity contribution is 7.99. The molecule has 0 amide bonds. The van der Waals surface area contributed by atoms with E-state index >= 15 is 0 Å². The lowest BCUT2D eigenvalue weighted by atomic mass is 10.4. The fourth-order valence-electron chi connectivity index (χ4n) is 2.55. The first-order valence-electron chi connectivity index (χ1n) is 7.49. The number of rotatable bonds is 5. The van der Waals surface area contributed by atoms with E-state index in [9.17, 15) is 9.59 Å². The normalized spacial score (nSPS) is 11.3. The van der Waals surface area contributed by atoms with E-state index in [1.807, 2.05) is 28.8 Å². The van der Waals surface area contributed by atoms with Crippen LogP contribution < -0.4 is 11.2 Å². The maximum atomic E-state index is 12.3. The molecule has 8 heteroatoms. The van der Waals surface area contributed by atoms with Crippen LogP contribution in [0.25, 0.3) is 11.2 Å². The van der Waals surface area contributed by atoms with Gasteiger partial charge in [-0.05, 0) is 24.3 Å². The molecule has 0 aliphatic heterocycles. The van der Waals surface area contributed by atoms with Crippen LogP contribution in [-0.4, -0.2) is 24.4 Å². The van der Waals surface area contributed by atoms with Crippen LogP contribution in [0, 0.1) is 0 Å². The Hall–Kier alpha value is -1.99. The molecular formula is C16H17ClN4O2S. The zero-order chi connectivity index (χ0) is 17.3. The summed E-state index contributed by atoms with van der Waals surface area (Å²) in [6.07, 6.45) is 2.47. The molecule has 0 unspecified atom stereocenters. The Kier molecular flexibility index (Phi) is 4.82. The molecule has 0 saturated carbocycles. The molecule has 2 aromatic heterocycles. The molecule has 2 heterocycles. The van der Waals surface area contributed by atoms with E-state index in [1.165, 1.54) is 11.6 Å². The molecule has 1 aromatic carbocycles. The first-order chi connectivity index (χ1) is 11.5. The second-order valence-electron chi connectivity index (χ2n) is 5.45. The highest BCUT2D eigenvalue weighted by Crippen LogP contribution is 2.27. The largest absolute Gasteiger partial charge is 0.332 e. The van der Waals surface area contributed by atoms with Crippen molar-refractivity contribution in [2.75, 3.05) is 5.75 Å². The fourth-order valence-corrected chi connectivity index (χ4v) is 3.72. The number of imidazole rings is 1. The average Bonchev–Trinajstić information content (AvgIpc) is 3.00. The van der Waals surface area contributed by atoms with Crippen LogP contribution in [-0.2, 0) is 20.6 Å². The van der Waals surface area contributed by atoms with Gasteiger partial charge in [-0.1, -0.05) is 23.7 Å². The third kappa shape index (κ3) is 3.01. The van der Waals surface area contributed by atoms with E-state index in [0.29, 0.717) is 17.7 Å². The van der Waals surface area contributed by atoms with Gasteiger partial charge in [0, 0.05) is 25.5 Å². The first kappa shape index (κ1) is 16.9. The van der Waals surface area contributed by atoms with Crippen molar-refractivity contribution in [3.8, 4) is 0 Å². The number of fused-ring (bicyclic) bond motifs is 1. The minimum absolute atomic E-state index is 0.315. The monoisotopic (exact) mass is 364 g/mol. The lowest BCUT2D eigenvalue weighted by Crippen LogP contribution is -2.37. The van der Waals surface area contributed by atoms with E-state index in [1.54, 1.807) is 25.1 Å². The standard InChI is InChI=1S/C16H17ClN4O2S/c1-19-14-13(15(22)20(2)16(19)23)21(10-18-14)8-5-9-24-12-7-4-3-6-11(12)17/h3-4,6-7,10H,5,8-9H2,1-2H3. The highest BCUT2D eigenvalue weighted by Gasteiger charge is 2.13. The summed E-state index contributed by atoms with van der Waals surface area (Å²) in [7, 11) is 3.10. The van der Waals surface area contributed by atoms with Crippen molar-refractivity contribution in [3.05, 3.63) is 56.5 Å². The Morgan fingerprint density at radius 2 is 1.92 bits per heavy atom. The Labute approximate surface area is 147 Å². The van der Waals surface area contributed by atoms with Crippen molar-refractivity contribution in [3.63, 3.8) is 0 Å². The Morgan fingerprint density at radius 1 is 1.17 bits per heavy atom. The van der Waals surface area contributed by atoms with Crippen molar-refractivity contribution in [2.45, 2.75) is 17.9 Å². The molecule has 0 aliphatic carbocycles. The number of aromatic nitrogens is 4. The van der Waals surface area contributed by atoms with Crippen LogP contribution in [0.2, 0.25) is 5.02 Å². The molecular weight excluding hydrogens is 348 g/mol. The third-order valence-corrected chi connectivity index (χ3v) is 5.46. The van der Waals surface area contributed by atoms with Crippen molar-refractivity contribution in [1.82, 2.24) is 18.7 Å². The molecule has 6 nitrogen and oxygen atoms in total. The van der Waals surface area contributed by atoms with Gasteiger partial charge < -0.3 is 4.57 Å². The minimum Gasteiger partial charge on any atom is -0.325 e. The predicted molar refractivity (Wildman–Crippen MR) is 97.0 cm³/mol. The number of halogens is 1. The van der Waals surface area contributed by atoms with Crippen LogP contribution in [0.5, 0.6) is 0 Å². The smallest absolute Gasteiger partial charge is 0.325 e. The Bertz CT molecular complexity index is 1010. The van der Waals surface area contributed by atoms with Gasteiger partial charge in [-0.2, -0.15) is 0 Å². The van der Waals surface area contributed by atoms with Crippen LogP contribution >= 0.6 is 23.4 Å². The first-order valence-corrected chi connectivity index (χ1v) is 8.85. The van der Waals surface area contributed by atoms with E-state index in [2.05, 4.69) is 4.98 Å². The summed E-state index contributed by atoms with van der Waals surface area (Å²) in [6.45, 7) is 0.654. The molecule has 0 atom stereocenters. The summed E-state index contributed by atoms with van der Waals surface area (Å²) >= 11 is 7.82. The molecule has 0 N–H and O–H groups in total. The molecule has 0 saturated heterocycles. The van der Waals surface area contributed by atoms with Crippen LogP contribution in [0.3, 0.4) is 0 Å². The van der Waals surface area contributed by atoms with Crippen LogP contribution in [0.15, 0.2) is 45.1 Å². The van der Waals surface area contributed by atoms with Gasteiger partial charge in [-0.25, -0.2) is 9.78 Å². The van der Waals surface area contributed by atoms with E-state index < -0.39 is 0 Å². The minimum atomic E-state index is -0.368. The number of hydrogen-bond acceptors (Lipinski definition) is 4. The van der Waals surface area contributed by atoms with E-state index in [4.69, 9.17) is 11.6 Å². The molecule has 0 aliphatic rings.